The number of halogens is 1. The second kappa shape index (κ2) is 6.83. The second-order valence-corrected chi connectivity index (χ2v) is 5.67. The molecule has 0 amide bonds. The summed E-state index contributed by atoms with van der Waals surface area (Å²) in [4.78, 5) is 4.88. The van der Waals surface area contributed by atoms with Gasteiger partial charge in [0.15, 0.2) is 0 Å². The summed E-state index contributed by atoms with van der Waals surface area (Å²) in [6.07, 6.45) is 0. The molecule has 1 aliphatic heterocycles. The molecular weight excluding hydrogens is 263 g/mol. The van der Waals surface area contributed by atoms with Gasteiger partial charge in [0.2, 0.25) is 0 Å². The first-order chi connectivity index (χ1) is 10.3. The van der Waals surface area contributed by atoms with Gasteiger partial charge in [-0.25, -0.2) is 4.39 Å². The first-order valence-corrected chi connectivity index (χ1v) is 7.53. The standard InChI is InChI=1S/C18H21FN2/c19-18-8-4-7-17(13-18)15-21-11-9-20(10-12-21)14-16-5-2-1-3-6-16/h1-8,13H,9-12,14-15H2. The highest BCUT2D eigenvalue weighted by Gasteiger charge is 2.17. The summed E-state index contributed by atoms with van der Waals surface area (Å²) < 4.78 is 13.2. The van der Waals surface area contributed by atoms with Crippen molar-refractivity contribution in [1.29, 1.82) is 0 Å². The molecule has 2 aromatic rings. The van der Waals surface area contributed by atoms with Gasteiger partial charge in [0.1, 0.15) is 5.82 Å². The lowest BCUT2D eigenvalue weighted by Gasteiger charge is -2.34. The maximum absolute atomic E-state index is 13.2. The predicted molar refractivity (Wildman–Crippen MR) is 83.4 cm³/mol. The molecule has 1 saturated heterocycles. The molecule has 3 rings (SSSR count). The van der Waals surface area contributed by atoms with E-state index in [0.29, 0.717) is 0 Å². The van der Waals surface area contributed by atoms with E-state index < -0.39 is 0 Å². The second-order valence-electron chi connectivity index (χ2n) is 5.67. The average molecular weight is 284 g/mol. The van der Waals surface area contributed by atoms with Gasteiger partial charge in [-0.1, -0.05) is 42.5 Å². The minimum absolute atomic E-state index is 0.143. The van der Waals surface area contributed by atoms with Crippen molar-refractivity contribution in [2.24, 2.45) is 0 Å². The summed E-state index contributed by atoms with van der Waals surface area (Å²) in [5, 5.41) is 0. The number of rotatable bonds is 4. The van der Waals surface area contributed by atoms with Gasteiger partial charge in [-0.15, -0.1) is 0 Å². The van der Waals surface area contributed by atoms with Crippen molar-refractivity contribution < 1.29 is 4.39 Å². The van der Waals surface area contributed by atoms with Gasteiger partial charge in [0, 0.05) is 39.3 Å². The van der Waals surface area contributed by atoms with E-state index in [2.05, 4.69) is 40.1 Å². The molecule has 0 atom stereocenters. The first-order valence-electron chi connectivity index (χ1n) is 7.53. The molecule has 0 spiro atoms. The summed E-state index contributed by atoms with van der Waals surface area (Å²) in [5.74, 6) is -0.143. The van der Waals surface area contributed by atoms with Crippen molar-refractivity contribution in [3.05, 3.63) is 71.5 Å². The fraction of sp³-hybridized carbons (Fsp3) is 0.333. The summed E-state index contributed by atoms with van der Waals surface area (Å²) >= 11 is 0. The van der Waals surface area contributed by atoms with Crippen LogP contribution in [0.15, 0.2) is 54.6 Å². The lowest BCUT2D eigenvalue weighted by Crippen LogP contribution is -2.45. The van der Waals surface area contributed by atoms with Crippen LogP contribution in [0.1, 0.15) is 11.1 Å². The molecule has 1 aliphatic rings. The first kappa shape index (κ1) is 14.2. The van der Waals surface area contributed by atoms with Crippen molar-refractivity contribution in [2.75, 3.05) is 26.2 Å². The minimum Gasteiger partial charge on any atom is -0.297 e. The maximum atomic E-state index is 13.2. The molecule has 0 aromatic heterocycles. The highest BCUT2D eigenvalue weighted by Crippen LogP contribution is 2.12. The molecule has 110 valence electrons. The number of hydrogen-bond donors (Lipinski definition) is 0. The Kier molecular flexibility index (Phi) is 4.63. The van der Waals surface area contributed by atoms with Crippen LogP contribution in [0, 0.1) is 5.82 Å². The number of piperazine rings is 1. The molecule has 0 bridgehead atoms. The lowest BCUT2D eigenvalue weighted by atomic mass is 10.1. The van der Waals surface area contributed by atoms with Gasteiger partial charge in [-0.3, -0.25) is 9.80 Å². The van der Waals surface area contributed by atoms with Gasteiger partial charge in [0.25, 0.3) is 0 Å². The lowest BCUT2D eigenvalue weighted by molar-refractivity contribution is 0.122. The molecule has 0 radical (unpaired) electrons. The Morgan fingerprint density at radius 1 is 0.714 bits per heavy atom. The molecule has 1 heterocycles. The van der Waals surface area contributed by atoms with Crippen LogP contribution in [0.25, 0.3) is 0 Å². The van der Waals surface area contributed by atoms with Crippen molar-refractivity contribution in [3.8, 4) is 0 Å². The third-order valence-corrected chi connectivity index (χ3v) is 4.01. The molecule has 0 unspecified atom stereocenters. The number of hydrogen-bond acceptors (Lipinski definition) is 2. The third-order valence-electron chi connectivity index (χ3n) is 4.01. The molecule has 21 heavy (non-hydrogen) atoms. The van der Waals surface area contributed by atoms with E-state index in [0.717, 1.165) is 44.8 Å². The molecule has 0 aliphatic carbocycles. The normalized spacial score (nSPS) is 17.0. The van der Waals surface area contributed by atoms with Gasteiger partial charge >= 0.3 is 0 Å². The average Bonchev–Trinajstić information content (AvgIpc) is 2.50. The van der Waals surface area contributed by atoms with Crippen LogP contribution in [0.3, 0.4) is 0 Å². The van der Waals surface area contributed by atoms with Crippen molar-refractivity contribution in [1.82, 2.24) is 9.80 Å². The predicted octanol–water partition coefficient (Wildman–Crippen LogP) is 3.14. The van der Waals surface area contributed by atoms with Crippen molar-refractivity contribution in [2.45, 2.75) is 13.1 Å². The Balaban J connectivity index is 1.49. The Bertz CT molecular complexity index is 562. The van der Waals surface area contributed by atoms with Crippen LogP contribution < -0.4 is 0 Å². The third kappa shape index (κ3) is 4.13. The Hall–Kier alpha value is -1.71. The van der Waals surface area contributed by atoms with E-state index in [4.69, 9.17) is 0 Å². The summed E-state index contributed by atoms with van der Waals surface area (Å²) in [6.45, 7) is 6.10. The maximum Gasteiger partial charge on any atom is 0.123 e. The van der Waals surface area contributed by atoms with Gasteiger partial charge < -0.3 is 0 Å². The summed E-state index contributed by atoms with van der Waals surface area (Å²) in [5.41, 5.74) is 2.43. The molecular formula is C18H21FN2. The van der Waals surface area contributed by atoms with Crippen molar-refractivity contribution in [3.63, 3.8) is 0 Å². The fourth-order valence-corrected chi connectivity index (χ4v) is 2.84. The van der Waals surface area contributed by atoms with Crippen LogP contribution >= 0.6 is 0 Å². The summed E-state index contributed by atoms with van der Waals surface area (Å²) in [6, 6.07) is 17.5. The topological polar surface area (TPSA) is 6.48 Å². The van der Waals surface area contributed by atoms with E-state index in [9.17, 15) is 4.39 Å². The van der Waals surface area contributed by atoms with Gasteiger partial charge in [-0.05, 0) is 23.3 Å². The van der Waals surface area contributed by atoms with E-state index in [1.54, 1.807) is 12.1 Å². The van der Waals surface area contributed by atoms with Gasteiger partial charge in [0.05, 0.1) is 0 Å². The highest BCUT2D eigenvalue weighted by atomic mass is 19.1. The van der Waals surface area contributed by atoms with E-state index in [1.807, 2.05) is 6.07 Å². The zero-order chi connectivity index (χ0) is 14.5. The molecule has 1 fully saturated rings. The number of benzene rings is 2. The van der Waals surface area contributed by atoms with E-state index >= 15 is 0 Å². The van der Waals surface area contributed by atoms with Gasteiger partial charge in [-0.2, -0.15) is 0 Å². The fourth-order valence-electron chi connectivity index (χ4n) is 2.84. The molecule has 2 nitrogen and oxygen atoms in total. The van der Waals surface area contributed by atoms with Crippen LogP contribution in [0.5, 0.6) is 0 Å². The zero-order valence-electron chi connectivity index (χ0n) is 12.2. The molecule has 0 N–H and O–H groups in total. The molecule has 0 saturated carbocycles. The molecule has 2 aromatic carbocycles. The minimum atomic E-state index is -0.143. The molecule has 3 heteroatoms. The summed E-state index contributed by atoms with van der Waals surface area (Å²) in [7, 11) is 0. The largest absolute Gasteiger partial charge is 0.297 e. The van der Waals surface area contributed by atoms with Crippen LogP contribution in [-0.2, 0) is 13.1 Å². The van der Waals surface area contributed by atoms with Crippen LogP contribution in [0.2, 0.25) is 0 Å². The SMILES string of the molecule is Fc1cccc(CN2CCN(Cc3ccccc3)CC2)c1. The van der Waals surface area contributed by atoms with E-state index in [1.165, 1.54) is 11.6 Å². The highest BCUT2D eigenvalue weighted by molar-refractivity contribution is 5.16. The van der Waals surface area contributed by atoms with Crippen LogP contribution in [-0.4, -0.2) is 36.0 Å². The van der Waals surface area contributed by atoms with Crippen LogP contribution in [0.4, 0.5) is 4.39 Å². The van der Waals surface area contributed by atoms with Crippen molar-refractivity contribution >= 4 is 0 Å². The monoisotopic (exact) mass is 284 g/mol. The Labute approximate surface area is 125 Å². The smallest absolute Gasteiger partial charge is 0.123 e. The quantitative estimate of drug-likeness (QED) is 0.851. The zero-order valence-corrected chi connectivity index (χ0v) is 12.2. The van der Waals surface area contributed by atoms with E-state index in [-0.39, 0.29) is 5.82 Å². The Morgan fingerprint density at radius 2 is 1.29 bits per heavy atom. The Morgan fingerprint density at radius 3 is 1.90 bits per heavy atom. The number of nitrogens with zero attached hydrogens (tertiary/aromatic N) is 2.